The van der Waals surface area contributed by atoms with Crippen molar-refractivity contribution in [2.45, 2.75) is 31.7 Å². The summed E-state index contributed by atoms with van der Waals surface area (Å²) in [6.07, 6.45) is 2.58. The van der Waals surface area contributed by atoms with E-state index in [2.05, 4.69) is 9.88 Å². The fraction of sp³-hybridized carbons (Fsp3) is 0.364. The minimum atomic E-state index is -2.68. The Bertz CT molecular complexity index is 969. The second kappa shape index (κ2) is 7.80. The molecule has 0 aliphatic carbocycles. The smallest absolute Gasteiger partial charge is 0.253 e. The maximum Gasteiger partial charge on any atom is 0.253 e. The molecule has 2 nitrogen and oxygen atoms in total. The first-order valence-electron chi connectivity index (χ1n) is 9.51. The fourth-order valence-corrected chi connectivity index (χ4v) is 4.23. The van der Waals surface area contributed by atoms with Gasteiger partial charge in [0.1, 0.15) is 5.82 Å². The van der Waals surface area contributed by atoms with Crippen LogP contribution in [0.15, 0.2) is 48.7 Å². The highest BCUT2D eigenvalue weighted by Crippen LogP contribution is 2.37. The van der Waals surface area contributed by atoms with Gasteiger partial charge >= 0.3 is 0 Å². The number of rotatable bonds is 5. The molecule has 2 aromatic carbocycles. The molecule has 1 atom stereocenters. The summed E-state index contributed by atoms with van der Waals surface area (Å²) < 4.78 is 42.3. The summed E-state index contributed by atoms with van der Waals surface area (Å²) in [7, 11) is 0. The van der Waals surface area contributed by atoms with Gasteiger partial charge in [0.05, 0.1) is 0 Å². The molecule has 0 radical (unpaired) electrons. The first kappa shape index (κ1) is 19.3. The number of nitrogens with one attached hydrogen (secondary N) is 1. The molecule has 3 aromatic rings. The molecular weight excluding hydrogens is 385 g/mol. The van der Waals surface area contributed by atoms with E-state index in [4.69, 9.17) is 11.6 Å². The van der Waals surface area contributed by atoms with E-state index in [0.29, 0.717) is 37.5 Å². The standard InChI is InChI=1S/C22H22ClF3N2/c23-18-6-7-20-16(12-27-21(20)11-18)13-28-9-8-22(25,26)17(14-28)5-4-15-2-1-3-19(24)10-15/h1-3,6-7,10-12,17,27H,4-5,8-9,13-14H2. The number of halogens is 4. The number of aromatic amines is 1. The zero-order valence-electron chi connectivity index (χ0n) is 15.4. The highest BCUT2D eigenvalue weighted by molar-refractivity contribution is 6.31. The Balaban J connectivity index is 1.44. The second-order valence-corrected chi connectivity index (χ2v) is 8.05. The third-order valence-electron chi connectivity index (χ3n) is 5.63. The van der Waals surface area contributed by atoms with Gasteiger partial charge in [-0.25, -0.2) is 13.2 Å². The highest BCUT2D eigenvalue weighted by Gasteiger charge is 2.43. The largest absolute Gasteiger partial charge is 0.361 e. The van der Waals surface area contributed by atoms with Gasteiger partial charge < -0.3 is 4.98 Å². The first-order valence-corrected chi connectivity index (χ1v) is 9.89. The average molecular weight is 407 g/mol. The van der Waals surface area contributed by atoms with Gasteiger partial charge in [-0.2, -0.15) is 0 Å². The Morgan fingerprint density at radius 3 is 2.86 bits per heavy atom. The minimum absolute atomic E-state index is 0.144. The molecule has 2 heterocycles. The van der Waals surface area contributed by atoms with E-state index < -0.39 is 11.8 Å². The molecule has 0 spiro atoms. The lowest BCUT2D eigenvalue weighted by Gasteiger charge is -2.38. The number of alkyl halides is 2. The lowest BCUT2D eigenvalue weighted by Crippen LogP contribution is -2.46. The molecule has 1 aliphatic rings. The topological polar surface area (TPSA) is 19.0 Å². The van der Waals surface area contributed by atoms with E-state index >= 15 is 0 Å². The van der Waals surface area contributed by atoms with Gasteiger partial charge in [-0.1, -0.05) is 29.8 Å². The van der Waals surface area contributed by atoms with Crippen molar-refractivity contribution in [2.75, 3.05) is 13.1 Å². The number of hydrogen-bond donors (Lipinski definition) is 1. The lowest BCUT2D eigenvalue weighted by molar-refractivity contribution is -0.109. The molecule has 28 heavy (non-hydrogen) atoms. The van der Waals surface area contributed by atoms with Crippen LogP contribution >= 0.6 is 11.6 Å². The van der Waals surface area contributed by atoms with E-state index in [0.717, 1.165) is 22.0 Å². The summed E-state index contributed by atoms with van der Waals surface area (Å²) >= 11 is 6.03. The quantitative estimate of drug-likeness (QED) is 0.546. The Morgan fingerprint density at radius 2 is 2.04 bits per heavy atom. The Labute approximate surface area is 167 Å². The molecule has 1 fully saturated rings. The second-order valence-electron chi connectivity index (χ2n) is 7.62. The molecule has 148 valence electrons. The van der Waals surface area contributed by atoms with Gasteiger partial charge in [0.25, 0.3) is 5.92 Å². The third kappa shape index (κ3) is 4.20. The van der Waals surface area contributed by atoms with Crippen LogP contribution in [0.4, 0.5) is 13.2 Å². The van der Waals surface area contributed by atoms with Crippen molar-refractivity contribution >= 4 is 22.5 Å². The predicted molar refractivity (Wildman–Crippen MR) is 106 cm³/mol. The molecule has 0 bridgehead atoms. The zero-order chi connectivity index (χ0) is 19.7. The summed E-state index contributed by atoms with van der Waals surface area (Å²) in [4.78, 5) is 5.29. The molecule has 1 unspecified atom stereocenters. The van der Waals surface area contributed by atoms with Crippen LogP contribution in [0.5, 0.6) is 0 Å². The average Bonchev–Trinajstić information content (AvgIpc) is 3.04. The van der Waals surface area contributed by atoms with E-state index in [1.807, 2.05) is 24.4 Å². The van der Waals surface area contributed by atoms with Crippen LogP contribution in [0.25, 0.3) is 10.9 Å². The molecule has 1 N–H and O–H groups in total. The maximum absolute atomic E-state index is 14.5. The van der Waals surface area contributed by atoms with Crippen molar-refractivity contribution in [3.05, 3.63) is 70.6 Å². The minimum Gasteiger partial charge on any atom is -0.361 e. The van der Waals surface area contributed by atoms with Gasteiger partial charge in [0.15, 0.2) is 0 Å². The molecule has 4 rings (SSSR count). The van der Waals surface area contributed by atoms with Crippen LogP contribution in [-0.2, 0) is 13.0 Å². The molecule has 0 saturated carbocycles. The predicted octanol–water partition coefficient (Wildman–Crippen LogP) is 6.05. The number of likely N-dealkylation sites (tertiary alicyclic amines) is 1. The van der Waals surface area contributed by atoms with Crippen molar-refractivity contribution in [3.63, 3.8) is 0 Å². The number of fused-ring (bicyclic) bond motifs is 1. The van der Waals surface area contributed by atoms with E-state index in [-0.39, 0.29) is 12.2 Å². The molecular formula is C22H22ClF3N2. The van der Waals surface area contributed by atoms with Crippen molar-refractivity contribution < 1.29 is 13.2 Å². The number of hydrogen-bond acceptors (Lipinski definition) is 1. The summed E-state index contributed by atoms with van der Waals surface area (Å²) in [5, 5.41) is 1.73. The number of aryl methyl sites for hydroxylation is 1. The molecule has 6 heteroatoms. The third-order valence-corrected chi connectivity index (χ3v) is 5.87. The highest BCUT2D eigenvalue weighted by atomic mass is 35.5. The Hall–Kier alpha value is -1.98. The summed E-state index contributed by atoms with van der Waals surface area (Å²) in [6, 6.07) is 11.9. The van der Waals surface area contributed by atoms with Crippen LogP contribution in [0.3, 0.4) is 0 Å². The number of H-pyrrole nitrogens is 1. The van der Waals surface area contributed by atoms with E-state index in [9.17, 15) is 13.2 Å². The van der Waals surface area contributed by atoms with Crippen LogP contribution in [0, 0.1) is 11.7 Å². The van der Waals surface area contributed by atoms with Gasteiger partial charge in [0.2, 0.25) is 0 Å². The summed E-state index contributed by atoms with van der Waals surface area (Å²) in [5.41, 5.74) is 2.80. The van der Waals surface area contributed by atoms with E-state index in [1.165, 1.54) is 12.1 Å². The number of piperidine rings is 1. The fourth-order valence-electron chi connectivity index (χ4n) is 4.06. The number of nitrogens with zero attached hydrogens (tertiary/aromatic N) is 1. The van der Waals surface area contributed by atoms with Crippen molar-refractivity contribution in [3.8, 4) is 0 Å². The number of benzene rings is 2. The van der Waals surface area contributed by atoms with Crippen LogP contribution in [-0.4, -0.2) is 28.9 Å². The van der Waals surface area contributed by atoms with E-state index in [1.54, 1.807) is 12.1 Å². The Kier molecular flexibility index (Phi) is 5.39. The molecule has 0 amide bonds. The summed E-state index contributed by atoms with van der Waals surface area (Å²) in [6.45, 7) is 1.32. The van der Waals surface area contributed by atoms with Gasteiger partial charge in [-0.05, 0) is 48.2 Å². The van der Waals surface area contributed by atoms with Crippen LogP contribution in [0.2, 0.25) is 5.02 Å². The summed E-state index contributed by atoms with van der Waals surface area (Å²) in [5.74, 6) is -3.74. The molecule has 1 aromatic heterocycles. The van der Waals surface area contributed by atoms with Crippen molar-refractivity contribution in [1.82, 2.24) is 9.88 Å². The normalized spacial score (nSPS) is 19.9. The molecule has 1 saturated heterocycles. The SMILES string of the molecule is Fc1cccc(CCC2CN(Cc3c[nH]c4cc(Cl)ccc34)CCC2(F)F)c1. The van der Waals surface area contributed by atoms with Gasteiger partial charge in [0, 0.05) is 54.1 Å². The lowest BCUT2D eigenvalue weighted by atomic mass is 9.88. The van der Waals surface area contributed by atoms with Crippen molar-refractivity contribution in [1.29, 1.82) is 0 Å². The Morgan fingerprint density at radius 1 is 1.18 bits per heavy atom. The maximum atomic E-state index is 14.5. The van der Waals surface area contributed by atoms with Crippen LogP contribution < -0.4 is 0 Å². The molecule has 1 aliphatic heterocycles. The van der Waals surface area contributed by atoms with Crippen molar-refractivity contribution in [2.24, 2.45) is 5.92 Å². The van der Waals surface area contributed by atoms with Gasteiger partial charge in [-0.3, -0.25) is 4.90 Å². The first-order chi connectivity index (χ1) is 13.4. The number of aromatic nitrogens is 1. The van der Waals surface area contributed by atoms with Crippen LogP contribution in [0.1, 0.15) is 24.0 Å². The van der Waals surface area contributed by atoms with Gasteiger partial charge in [-0.15, -0.1) is 0 Å². The monoisotopic (exact) mass is 406 g/mol. The zero-order valence-corrected chi connectivity index (χ0v) is 16.2.